The van der Waals surface area contributed by atoms with E-state index in [2.05, 4.69) is 5.32 Å². The Morgan fingerprint density at radius 2 is 1.77 bits per heavy atom. The number of para-hydroxylation sites is 1. The van der Waals surface area contributed by atoms with Crippen molar-refractivity contribution in [2.75, 3.05) is 17.7 Å². The Kier molecular flexibility index (Phi) is 8.11. The van der Waals surface area contributed by atoms with Gasteiger partial charge in [-0.15, -0.1) is 0 Å². The van der Waals surface area contributed by atoms with Crippen LogP contribution in [-0.4, -0.2) is 39.8 Å². The Balaban J connectivity index is 2.18. The lowest BCUT2D eigenvalue weighted by Crippen LogP contribution is -2.49. The van der Waals surface area contributed by atoms with Crippen LogP contribution in [0, 0.1) is 0 Å². The largest absolute Gasteiger partial charge is 0.493 e. The van der Waals surface area contributed by atoms with Crippen LogP contribution in [0.1, 0.15) is 32.8 Å². The third kappa shape index (κ3) is 6.13. The summed E-state index contributed by atoms with van der Waals surface area (Å²) in [7, 11) is -2.09. The van der Waals surface area contributed by atoms with Gasteiger partial charge in [0.15, 0.2) is 11.5 Å². The van der Waals surface area contributed by atoms with Crippen LogP contribution in [0.4, 0.5) is 5.69 Å². The highest BCUT2D eigenvalue weighted by atomic mass is 32.2. The zero-order valence-corrected chi connectivity index (χ0v) is 18.9. The Hall–Kier alpha value is -2.74. The Labute approximate surface area is 179 Å². The minimum absolute atomic E-state index is 0.00901. The highest BCUT2D eigenvalue weighted by molar-refractivity contribution is 7.92. The summed E-state index contributed by atoms with van der Waals surface area (Å²) in [5, 5.41) is 2.84. The first-order valence-electron chi connectivity index (χ1n) is 9.83. The number of anilines is 1. The molecule has 0 aliphatic rings. The van der Waals surface area contributed by atoms with Crippen LogP contribution in [-0.2, 0) is 21.4 Å². The summed E-state index contributed by atoms with van der Waals surface area (Å²) in [5.41, 5.74) is 1.27. The first-order valence-corrected chi connectivity index (χ1v) is 11.7. The Bertz CT molecular complexity index is 945. The fourth-order valence-corrected chi connectivity index (χ4v) is 4.33. The third-order valence-electron chi connectivity index (χ3n) is 4.40. The average Bonchev–Trinajstić information content (AvgIpc) is 2.70. The maximum absolute atomic E-state index is 12.9. The van der Waals surface area contributed by atoms with Gasteiger partial charge in [0, 0.05) is 6.54 Å². The van der Waals surface area contributed by atoms with E-state index in [1.165, 1.54) is 4.31 Å². The van der Waals surface area contributed by atoms with E-state index in [1.807, 2.05) is 19.9 Å². The molecule has 164 valence electrons. The van der Waals surface area contributed by atoms with Gasteiger partial charge in [-0.1, -0.05) is 31.2 Å². The van der Waals surface area contributed by atoms with E-state index in [0.717, 1.165) is 11.8 Å². The Morgan fingerprint density at radius 3 is 2.30 bits per heavy atom. The number of carbonyl (C=O) groups excluding carboxylic acids is 1. The number of hydrogen-bond acceptors (Lipinski definition) is 5. The van der Waals surface area contributed by atoms with Crippen molar-refractivity contribution in [3.8, 4) is 11.5 Å². The molecule has 30 heavy (non-hydrogen) atoms. The van der Waals surface area contributed by atoms with Crippen LogP contribution in [0.25, 0.3) is 0 Å². The molecule has 1 atom stereocenters. The van der Waals surface area contributed by atoms with Crippen LogP contribution < -0.4 is 19.1 Å². The molecule has 2 aromatic carbocycles. The topological polar surface area (TPSA) is 84.9 Å². The highest BCUT2D eigenvalue weighted by Gasteiger charge is 2.31. The number of nitrogens with zero attached hydrogens (tertiary/aromatic N) is 1. The molecule has 1 N–H and O–H groups in total. The maximum Gasteiger partial charge on any atom is 0.244 e. The van der Waals surface area contributed by atoms with Crippen molar-refractivity contribution in [3.63, 3.8) is 0 Å². The number of ether oxygens (including phenoxy) is 2. The van der Waals surface area contributed by atoms with Crippen LogP contribution in [0.3, 0.4) is 0 Å². The van der Waals surface area contributed by atoms with Crippen molar-refractivity contribution in [3.05, 3.63) is 54.1 Å². The molecule has 0 heterocycles. The maximum atomic E-state index is 12.9. The molecular formula is C22H30N2O5S. The lowest BCUT2D eigenvalue weighted by Gasteiger charge is -2.30. The summed E-state index contributed by atoms with van der Waals surface area (Å²) in [4.78, 5) is 12.9. The van der Waals surface area contributed by atoms with Crippen LogP contribution in [0.15, 0.2) is 48.5 Å². The normalized spacial score (nSPS) is 12.3. The standard InChI is InChI=1S/C22H30N2O5S/c1-6-19(24(30(5,26)27)18-10-8-7-9-11-18)22(25)23-15-17-12-13-20(29-16(2)3)21(14-17)28-4/h7-14,16,19H,6,15H2,1-5H3,(H,23,25)/t19-/m0/s1. The minimum atomic E-state index is -3.65. The summed E-state index contributed by atoms with van der Waals surface area (Å²) in [6.45, 7) is 5.88. The van der Waals surface area contributed by atoms with Gasteiger partial charge in [-0.3, -0.25) is 9.10 Å². The summed E-state index contributed by atoms with van der Waals surface area (Å²) in [5.74, 6) is 0.833. The molecule has 0 unspecified atom stereocenters. The van der Waals surface area contributed by atoms with E-state index in [-0.39, 0.29) is 18.6 Å². The summed E-state index contributed by atoms with van der Waals surface area (Å²) in [6, 6.07) is 13.2. The molecule has 7 nitrogen and oxygen atoms in total. The number of carbonyl (C=O) groups is 1. The molecule has 0 radical (unpaired) electrons. The van der Waals surface area contributed by atoms with Crippen molar-refractivity contribution >= 4 is 21.6 Å². The second-order valence-electron chi connectivity index (χ2n) is 7.19. The molecule has 0 spiro atoms. The zero-order chi connectivity index (χ0) is 22.3. The second kappa shape index (κ2) is 10.3. The van der Waals surface area contributed by atoms with Crippen molar-refractivity contribution < 1.29 is 22.7 Å². The monoisotopic (exact) mass is 434 g/mol. The molecule has 0 aliphatic heterocycles. The third-order valence-corrected chi connectivity index (χ3v) is 5.58. The van der Waals surface area contributed by atoms with Crippen molar-refractivity contribution in [1.82, 2.24) is 5.32 Å². The van der Waals surface area contributed by atoms with E-state index < -0.39 is 16.1 Å². The predicted molar refractivity (Wildman–Crippen MR) is 118 cm³/mol. The number of methoxy groups -OCH3 is 1. The number of hydrogen-bond donors (Lipinski definition) is 1. The van der Waals surface area contributed by atoms with Gasteiger partial charge in [0.2, 0.25) is 15.9 Å². The fraction of sp³-hybridized carbons (Fsp3) is 0.409. The number of sulfonamides is 1. The Morgan fingerprint density at radius 1 is 1.10 bits per heavy atom. The van der Waals surface area contributed by atoms with Crippen LogP contribution in [0.5, 0.6) is 11.5 Å². The van der Waals surface area contributed by atoms with Gasteiger partial charge < -0.3 is 14.8 Å². The zero-order valence-electron chi connectivity index (χ0n) is 18.1. The molecule has 2 rings (SSSR count). The average molecular weight is 435 g/mol. The SMILES string of the molecule is CC[C@@H](C(=O)NCc1ccc(OC(C)C)c(OC)c1)N(c1ccccc1)S(C)(=O)=O. The smallest absolute Gasteiger partial charge is 0.244 e. The van der Waals surface area contributed by atoms with Gasteiger partial charge in [-0.25, -0.2) is 8.42 Å². The second-order valence-corrected chi connectivity index (χ2v) is 9.05. The van der Waals surface area contributed by atoms with Gasteiger partial charge in [0.25, 0.3) is 0 Å². The summed E-state index contributed by atoms with van der Waals surface area (Å²) < 4.78 is 37.1. The van der Waals surface area contributed by atoms with E-state index >= 15 is 0 Å². The van der Waals surface area contributed by atoms with Gasteiger partial charge >= 0.3 is 0 Å². The predicted octanol–water partition coefficient (Wildman–Crippen LogP) is 3.34. The number of benzene rings is 2. The molecule has 0 saturated heterocycles. The number of amides is 1. The first-order chi connectivity index (χ1) is 14.2. The quantitative estimate of drug-likeness (QED) is 0.620. The summed E-state index contributed by atoms with van der Waals surface area (Å²) in [6.07, 6.45) is 1.45. The lowest BCUT2D eigenvalue weighted by molar-refractivity contribution is -0.122. The van der Waals surface area contributed by atoms with E-state index in [9.17, 15) is 13.2 Å². The van der Waals surface area contributed by atoms with E-state index in [0.29, 0.717) is 23.6 Å². The minimum Gasteiger partial charge on any atom is -0.493 e. The highest BCUT2D eigenvalue weighted by Crippen LogP contribution is 2.29. The van der Waals surface area contributed by atoms with Gasteiger partial charge in [-0.2, -0.15) is 0 Å². The molecule has 0 bridgehead atoms. The molecule has 0 saturated carbocycles. The number of rotatable bonds is 10. The van der Waals surface area contributed by atoms with E-state index in [4.69, 9.17) is 9.47 Å². The van der Waals surface area contributed by atoms with Crippen molar-refractivity contribution in [1.29, 1.82) is 0 Å². The molecule has 2 aromatic rings. The van der Waals surface area contributed by atoms with Gasteiger partial charge in [0.1, 0.15) is 6.04 Å². The van der Waals surface area contributed by atoms with Crippen molar-refractivity contribution in [2.24, 2.45) is 0 Å². The molecular weight excluding hydrogens is 404 g/mol. The summed E-state index contributed by atoms with van der Waals surface area (Å²) >= 11 is 0. The molecule has 0 aliphatic carbocycles. The molecule has 8 heteroatoms. The van der Waals surface area contributed by atoms with E-state index in [1.54, 1.807) is 56.5 Å². The van der Waals surface area contributed by atoms with Crippen molar-refractivity contribution in [2.45, 2.75) is 45.9 Å². The molecule has 1 amide bonds. The first kappa shape index (κ1) is 23.5. The van der Waals surface area contributed by atoms with Crippen LogP contribution >= 0.6 is 0 Å². The van der Waals surface area contributed by atoms with Gasteiger partial charge in [-0.05, 0) is 50.1 Å². The lowest BCUT2D eigenvalue weighted by atomic mass is 10.1. The number of nitrogens with one attached hydrogen (secondary N) is 1. The molecule has 0 aromatic heterocycles. The van der Waals surface area contributed by atoms with Crippen LogP contribution in [0.2, 0.25) is 0 Å². The van der Waals surface area contributed by atoms with Gasteiger partial charge in [0.05, 0.1) is 25.2 Å². The fourth-order valence-electron chi connectivity index (χ4n) is 3.12. The molecule has 0 fully saturated rings.